The van der Waals surface area contributed by atoms with E-state index in [9.17, 15) is 14.7 Å². The molecule has 2 rings (SSSR count). The van der Waals surface area contributed by atoms with Crippen LogP contribution in [0.1, 0.15) is 22.8 Å². The molecule has 0 aromatic heterocycles. The van der Waals surface area contributed by atoms with Crippen LogP contribution in [-0.2, 0) is 9.53 Å². The molecule has 1 amide bonds. The number of nitrogens with one attached hydrogen (secondary N) is 1. The minimum absolute atomic E-state index is 0.147. The van der Waals surface area contributed by atoms with Gasteiger partial charge >= 0.3 is 5.97 Å². The maximum atomic E-state index is 12.6. The number of phenolic OH excluding ortho intramolecular Hbond substituents is 1. The van der Waals surface area contributed by atoms with Crippen molar-refractivity contribution in [2.24, 2.45) is 0 Å². The minimum Gasteiger partial charge on any atom is -0.508 e. The lowest BCUT2D eigenvalue weighted by atomic mass is 10.1. The van der Waals surface area contributed by atoms with E-state index < -0.39 is 12.0 Å². The van der Waals surface area contributed by atoms with Crippen LogP contribution in [0.5, 0.6) is 5.75 Å². The molecular weight excluding hydrogens is 272 g/mol. The number of hydrogen-bond donors (Lipinski definition) is 2. The fourth-order valence-electron chi connectivity index (χ4n) is 2.35. The van der Waals surface area contributed by atoms with Gasteiger partial charge in [-0.25, -0.2) is 4.79 Å². The second-order valence-corrected chi connectivity index (χ2v) is 4.97. The van der Waals surface area contributed by atoms with Crippen molar-refractivity contribution in [3.8, 4) is 5.75 Å². The summed E-state index contributed by atoms with van der Waals surface area (Å²) in [6, 6.07) is 4.07. The topological polar surface area (TPSA) is 78.9 Å². The standard InChI is InChI=1S/C15H20N2O4/c1-3-21-15(20)12-9-16-6-7-17(12)14(19)11-4-5-13(18)10(2)8-11/h4-5,8,12,16,18H,3,6-7,9H2,1-2H3. The lowest BCUT2D eigenvalue weighted by Gasteiger charge is -2.34. The lowest BCUT2D eigenvalue weighted by Crippen LogP contribution is -2.57. The van der Waals surface area contributed by atoms with E-state index in [1.807, 2.05) is 0 Å². The maximum absolute atomic E-state index is 12.6. The monoisotopic (exact) mass is 292 g/mol. The van der Waals surface area contributed by atoms with Crippen molar-refractivity contribution >= 4 is 11.9 Å². The zero-order valence-electron chi connectivity index (χ0n) is 12.3. The molecule has 1 saturated heterocycles. The van der Waals surface area contributed by atoms with E-state index in [0.717, 1.165) is 0 Å². The number of amides is 1. The molecule has 6 heteroatoms. The van der Waals surface area contributed by atoms with Gasteiger partial charge in [0.1, 0.15) is 11.8 Å². The van der Waals surface area contributed by atoms with Crippen LogP contribution in [0.25, 0.3) is 0 Å². The SMILES string of the molecule is CCOC(=O)C1CNCCN1C(=O)c1ccc(O)c(C)c1. The Morgan fingerprint density at radius 1 is 1.48 bits per heavy atom. The normalized spacial score (nSPS) is 18.4. The van der Waals surface area contributed by atoms with Gasteiger partial charge < -0.3 is 20.1 Å². The number of hydrogen-bond acceptors (Lipinski definition) is 5. The lowest BCUT2D eigenvalue weighted by molar-refractivity contribution is -0.149. The van der Waals surface area contributed by atoms with E-state index in [0.29, 0.717) is 30.8 Å². The van der Waals surface area contributed by atoms with E-state index >= 15 is 0 Å². The van der Waals surface area contributed by atoms with E-state index in [4.69, 9.17) is 4.74 Å². The molecule has 0 spiro atoms. The van der Waals surface area contributed by atoms with Gasteiger partial charge in [0.25, 0.3) is 5.91 Å². The number of ether oxygens (including phenoxy) is 1. The molecule has 6 nitrogen and oxygen atoms in total. The number of carbonyl (C=O) groups is 2. The highest BCUT2D eigenvalue weighted by Crippen LogP contribution is 2.19. The van der Waals surface area contributed by atoms with Crippen molar-refractivity contribution in [1.82, 2.24) is 10.2 Å². The number of aromatic hydroxyl groups is 1. The predicted octanol–water partition coefficient (Wildman–Crippen LogP) is 0.678. The summed E-state index contributed by atoms with van der Waals surface area (Å²) >= 11 is 0. The molecule has 1 aliphatic heterocycles. The smallest absolute Gasteiger partial charge is 0.330 e. The summed E-state index contributed by atoms with van der Waals surface area (Å²) in [7, 11) is 0. The minimum atomic E-state index is -0.611. The molecule has 21 heavy (non-hydrogen) atoms. The molecule has 1 aliphatic rings. The molecule has 0 bridgehead atoms. The molecule has 0 radical (unpaired) electrons. The molecular formula is C15H20N2O4. The Labute approximate surface area is 123 Å². The molecule has 1 fully saturated rings. The fourth-order valence-corrected chi connectivity index (χ4v) is 2.35. The molecule has 1 heterocycles. The highest BCUT2D eigenvalue weighted by atomic mass is 16.5. The Balaban J connectivity index is 2.21. The second kappa shape index (κ2) is 6.58. The van der Waals surface area contributed by atoms with Gasteiger partial charge in [0.05, 0.1) is 6.61 Å². The summed E-state index contributed by atoms with van der Waals surface area (Å²) in [6.07, 6.45) is 0. The zero-order chi connectivity index (χ0) is 15.4. The number of aryl methyl sites for hydroxylation is 1. The summed E-state index contributed by atoms with van der Waals surface area (Å²) < 4.78 is 5.03. The van der Waals surface area contributed by atoms with E-state index in [1.165, 1.54) is 11.0 Å². The van der Waals surface area contributed by atoms with Gasteiger partial charge in [-0.15, -0.1) is 0 Å². The Kier molecular flexibility index (Phi) is 4.80. The van der Waals surface area contributed by atoms with Gasteiger partial charge in [-0.3, -0.25) is 4.79 Å². The Hall–Kier alpha value is -2.08. The molecule has 1 unspecified atom stereocenters. The Morgan fingerprint density at radius 2 is 2.24 bits per heavy atom. The third-order valence-electron chi connectivity index (χ3n) is 3.51. The highest BCUT2D eigenvalue weighted by Gasteiger charge is 2.33. The van der Waals surface area contributed by atoms with Crippen LogP contribution in [0.2, 0.25) is 0 Å². The molecule has 0 aliphatic carbocycles. The summed E-state index contributed by atoms with van der Waals surface area (Å²) in [5.41, 5.74) is 1.09. The van der Waals surface area contributed by atoms with E-state index in [-0.39, 0.29) is 18.3 Å². The molecule has 2 N–H and O–H groups in total. The number of nitrogens with zero attached hydrogens (tertiary/aromatic N) is 1. The zero-order valence-corrected chi connectivity index (χ0v) is 12.3. The quantitative estimate of drug-likeness (QED) is 0.801. The first-order valence-electron chi connectivity index (χ1n) is 7.02. The van der Waals surface area contributed by atoms with Gasteiger partial charge in [0.2, 0.25) is 0 Å². The first kappa shape index (κ1) is 15.3. The third kappa shape index (κ3) is 3.33. The average molecular weight is 292 g/mol. The van der Waals surface area contributed by atoms with Gasteiger partial charge in [0.15, 0.2) is 0 Å². The number of carbonyl (C=O) groups excluding carboxylic acids is 2. The van der Waals surface area contributed by atoms with Crippen molar-refractivity contribution < 1.29 is 19.4 Å². The maximum Gasteiger partial charge on any atom is 0.330 e. The first-order chi connectivity index (χ1) is 10.0. The number of esters is 1. The van der Waals surface area contributed by atoms with Crippen LogP contribution in [0.3, 0.4) is 0 Å². The highest BCUT2D eigenvalue weighted by molar-refractivity contribution is 5.97. The largest absolute Gasteiger partial charge is 0.508 e. The van der Waals surface area contributed by atoms with Crippen molar-refractivity contribution in [1.29, 1.82) is 0 Å². The third-order valence-corrected chi connectivity index (χ3v) is 3.51. The molecule has 0 saturated carbocycles. The van der Waals surface area contributed by atoms with Gasteiger partial charge in [0, 0.05) is 25.2 Å². The summed E-state index contributed by atoms with van der Waals surface area (Å²) in [4.78, 5) is 26.1. The van der Waals surface area contributed by atoms with Crippen molar-refractivity contribution in [3.05, 3.63) is 29.3 Å². The predicted molar refractivity (Wildman–Crippen MR) is 77.2 cm³/mol. The fraction of sp³-hybridized carbons (Fsp3) is 0.467. The Bertz CT molecular complexity index is 544. The second-order valence-electron chi connectivity index (χ2n) is 4.97. The first-order valence-corrected chi connectivity index (χ1v) is 7.02. The summed E-state index contributed by atoms with van der Waals surface area (Å²) in [5, 5.41) is 12.6. The van der Waals surface area contributed by atoms with Gasteiger partial charge in [-0.05, 0) is 37.6 Å². The number of piperazine rings is 1. The summed E-state index contributed by atoms with van der Waals surface area (Å²) in [5.74, 6) is -0.472. The van der Waals surface area contributed by atoms with Crippen LogP contribution >= 0.6 is 0 Å². The van der Waals surface area contributed by atoms with Crippen molar-refractivity contribution in [2.45, 2.75) is 19.9 Å². The molecule has 1 aromatic rings. The number of rotatable bonds is 3. The van der Waals surface area contributed by atoms with Crippen LogP contribution in [0.15, 0.2) is 18.2 Å². The van der Waals surface area contributed by atoms with Crippen LogP contribution < -0.4 is 5.32 Å². The molecule has 1 atom stereocenters. The number of benzene rings is 1. The average Bonchev–Trinajstić information content (AvgIpc) is 2.49. The summed E-state index contributed by atoms with van der Waals surface area (Å²) in [6.45, 7) is 5.23. The van der Waals surface area contributed by atoms with Crippen LogP contribution in [0.4, 0.5) is 0 Å². The number of phenols is 1. The van der Waals surface area contributed by atoms with Crippen LogP contribution in [0, 0.1) is 6.92 Å². The Morgan fingerprint density at radius 3 is 2.90 bits per heavy atom. The van der Waals surface area contributed by atoms with Gasteiger partial charge in [-0.1, -0.05) is 0 Å². The molecule has 1 aromatic carbocycles. The molecule has 114 valence electrons. The van der Waals surface area contributed by atoms with E-state index in [1.54, 1.807) is 26.0 Å². The van der Waals surface area contributed by atoms with Crippen molar-refractivity contribution in [2.75, 3.05) is 26.2 Å². The van der Waals surface area contributed by atoms with Crippen molar-refractivity contribution in [3.63, 3.8) is 0 Å². The van der Waals surface area contributed by atoms with Crippen LogP contribution in [-0.4, -0.2) is 54.2 Å². The van der Waals surface area contributed by atoms with E-state index in [2.05, 4.69) is 5.32 Å². The van der Waals surface area contributed by atoms with Gasteiger partial charge in [-0.2, -0.15) is 0 Å².